The Morgan fingerprint density at radius 3 is 2.79 bits per heavy atom. The second-order valence-electron chi connectivity index (χ2n) is 7.35. The Bertz CT molecular complexity index is 925. The van der Waals surface area contributed by atoms with Gasteiger partial charge in [-0.25, -0.2) is 4.39 Å². The Morgan fingerprint density at radius 2 is 2.17 bits per heavy atom. The van der Waals surface area contributed by atoms with Gasteiger partial charge in [0.25, 0.3) is 5.56 Å². The molecule has 29 heavy (non-hydrogen) atoms. The van der Waals surface area contributed by atoms with Crippen molar-refractivity contribution >= 4 is 23.0 Å². The monoisotopic (exact) mass is 411 g/mol. The van der Waals surface area contributed by atoms with E-state index in [1.807, 2.05) is 27.7 Å². The molecule has 1 saturated heterocycles. The van der Waals surface area contributed by atoms with Crippen LogP contribution in [0.5, 0.6) is 0 Å². The van der Waals surface area contributed by atoms with Gasteiger partial charge in [-0.1, -0.05) is 27.7 Å². The number of carbonyl (C=O) groups is 1. The first-order chi connectivity index (χ1) is 13.6. The third kappa shape index (κ3) is 4.59. The number of nitrogens with zero attached hydrogens (tertiary/aromatic N) is 2. The SMILES string of the molecule is CC.CC(C)C(N)C(=O)OCC1CC[C@](C)(n2cc(F)c3c(=O)[nH]c(N)nc32)O1. The van der Waals surface area contributed by atoms with Crippen LogP contribution >= 0.6 is 0 Å². The molecule has 0 bridgehead atoms. The van der Waals surface area contributed by atoms with Gasteiger partial charge in [0, 0.05) is 6.20 Å². The van der Waals surface area contributed by atoms with Gasteiger partial charge in [0.1, 0.15) is 23.8 Å². The average molecular weight is 411 g/mol. The molecule has 2 aromatic rings. The van der Waals surface area contributed by atoms with E-state index in [0.29, 0.717) is 12.8 Å². The second kappa shape index (κ2) is 8.91. The predicted molar refractivity (Wildman–Crippen MR) is 108 cm³/mol. The summed E-state index contributed by atoms with van der Waals surface area (Å²) in [6.45, 7) is 9.47. The number of hydrogen-bond donors (Lipinski definition) is 3. The summed E-state index contributed by atoms with van der Waals surface area (Å²) in [6, 6.07) is -0.695. The summed E-state index contributed by atoms with van der Waals surface area (Å²) in [5.41, 5.74) is 9.87. The van der Waals surface area contributed by atoms with Gasteiger partial charge in [0.05, 0.1) is 6.10 Å². The zero-order valence-corrected chi connectivity index (χ0v) is 17.5. The molecule has 10 heteroatoms. The molecule has 1 aliphatic heterocycles. The number of carbonyl (C=O) groups excluding carboxylic acids is 1. The number of nitrogens with one attached hydrogen (secondary N) is 1. The van der Waals surface area contributed by atoms with Crippen molar-refractivity contribution in [2.24, 2.45) is 11.7 Å². The van der Waals surface area contributed by atoms with E-state index in [0.717, 1.165) is 0 Å². The van der Waals surface area contributed by atoms with Gasteiger partial charge in [-0.15, -0.1) is 0 Å². The Labute approximate surface area is 168 Å². The Hall–Kier alpha value is -2.46. The zero-order valence-electron chi connectivity index (χ0n) is 17.5. The zero-order chi connectivity index (χ0) is 21.9. The van der Waals surface area contributed by atoms with E-state index in [1.165, 1.54) is 10.8 Å². The summed E-state index contributed by atoms with van der Waals surface area (Å²) in [6.07, 6.45) is 1.90. The number of esters is 1. The van der Waals surface area contributed by atoms with E-state index >= 15 is 0 Å². The van der Waals surface area contributed by atoms with E-state index in [9.17, 15) is 14.0 Å². The van der Waals surface area contributed by atoms with Crippen LogP contribution in [0.15, 0.2) is 11.0 Å². The summed E-state index contributed by atoms with van der Waals surface area (Å²) < 4.78 is 27.0. The highest BCUT2D eigenvalue weighted by Crippen LogP contribution is 2.37. The lowest BCUT2D eigenvalue weighted by Gasteiger charge is -2.27. The van der Waals surface area contributed by atoms with Crippen LogP contribution in [0.25, 0.3) is 11.0 Å². The van der Waals surface area contributed by atoms with Crippen LogP contribution in [0.4, 0.5) is 10.3 Å². The average Bonchev–Trinajstić information content (AvgIpc) is 3.22. The predicted octanol–water partition coefficient (Wildman–Crippen LogP) is 1.85. The quantitative estimate of drug-likeness (QED) is 0.638. The van der Waals surface area contributed by atoms with Crippen LogP contribution in [-0.4, -0.2) is 39.3 Å². The molecule has 3 rings (SSSR count). The van der Waals surface area contributed by atoms with Gasteiger partial charge in [-0.3, -0.25) is 14.6 Å². The van der Waals surface area contributed by atoms with Gasteiger partial charge < -0.3 is 25.5 Å². The van der Waals surface area contributed by atoms with Crippen LogP contribution in [0.2, 0.25) is 0 Å². The largest absolute Gasteiger partial charge is 0.462 e. The van der Waals surface area contributed by atoms with E-state index in [-0.39, 0.29) is 35.6 Å². The van der Waals surface area contributed by atoms with Crippen molar-refractivity contribution in [2.45, 2.75) is 65.3 Å². The van der Waals surface area contributed by atoms with Crippen molar-refractivity contribution in [2.75, 3.05) is 12.3 Å². The number of rotatable bonds is 5. The summed E-state index contributed by atoms with van der Waals surface area (Å²) in [7, 11) is 0. The van der Waals surface area contributed by atoms with E-state index in [2.05, 4.69) is 9.97 Å². The minimum atomic E-state index is -0.951. The molecule has 0 radical (unpaired) electrons. The maximum atomic E-state index is 14.3. The molecule has 3 heterocycles. The summed E-state index contributed by atoms with van der Waals surface area (Å²) in [5, 5.41) is -0.174. The Balaban J connectivity index is 0.00000145. The topological polar surface area (TPSA) is 138 Å². The Morgan fingerprint density at radius 1 is 1.52 bits per heavy atom. The van der Waals surface area contributed by atoms with Crippen molar-refractivity contribution in [3.05, 3.63) is 22.4 Å². The molecule has 0 spiro atoms. The molecule has 0 aliphatic carbocycles. The van der Waals surface area contributed by atoms with E-state index in [1.54, 1.807) is 6.92 Å². The van der Waals surface area contributed by atoms with Crippen molar-refractivity contribution in [1.82, 2.24) is 14.5 Å². The molecule has 1 fully saturated rings. The first kappa shape index (κ1) is 22.8. The molecular formula is C19H30FN5O4. The van der Waals surface area contributed by atoms with Crippen molar-refractivity contribution < 1.29 is 18.7 Å². The summed E-state index contributed by atoms with van der Waals surface area (Å²) >= 11 is 0. The molecule has 3 atom stereocenters. The number of aromatic nitrogens is 3. The lowest BCUT2D eigenvalue weighted by Crippen LogP contribution is -2.38. The number of nitrogens with two attached hydrogens (primary N) is 2. The number of ether oxygens (including phenoxy) is 2. The molecular weight excluding hydrogens is 381 g/mol. The van der Waals surface area contributed by atoms with Crippen LogP contribution in [0.1, 0.15) is 47.5 Å². The molecule has 2 unspecified atom stereocenters. The highest BCUT2D eigenvalue weighted by molar-refractivity contribution is 5.77. The number of nitrogen functional groups attached to an aromatic ring is 1. The van der Waals surface area contributed by atoms with Crippen LogP contribution in [-0.2, 0) is 20.0 Å². The number of anilines is 1. The smallest absolute Gasteiger partial charge is 0.323 e. The number of hydrogen-bond acceptors (Lipinski definition) is 7. The maximum absolute atomic E-state index is 14.3. The number of fused-ring (bicyclic) bond motifs is 1. The highest BCUT2D eigenvalue weighted by atomic mass is 19.1. The fraction of sp³-hybridized carbons (Fsp3) is 0.632. The summed E-state index contributed by atoms with van der Waals surface area (Å²) in [4.78, 5) is 30.2. The van der Waals surface area contributed by atoms with Gasteiger partial charge in [0.2, 0.25) is 5.95 Å². The number of aromatic amines is 1. The second-order valence-corrected chi connectivity index (χ2v) is 7.35. The van der Waals surface area contributed by atoms with Crippen LogP contribution in [0.3, 0.4) is 0 Å². The standard InChI is InChI=1S/C17H24FN5O4.C2H6/c1-8(2)12(19)15(25)26-7-9-4-5-17(3,27-9)23-6-10(18)11-13(23)21-16(20)22-14(11)24;1-2/h6,8-9,12H,4-5,7,19H2,1-3H3,(H3,20,21,22,24);1-2H3/t9?,12?,17-;/m1./s1. The normalized spacial score (nSPS) is 22.4. The third-order valence-corrected chi connectivity index (χ3v) is 4.89. The van der Waals surface area contributed by atoms with Crippen molar-refractivity contribution in [1.29, 1.82) is 0 Å². The molecule has 0 aromatic carbocycles. The van der Waals surface area contributed by atoms with Crippen LogP contribution in [0, 0.1) is 11.7 Å². The first-order valence-electron chi connectivity index (χ1n) is 9.79. The minimum Gasteiger partial charge on any atom is -0.462 e. The van der Waals surface area contributed by atoms with Crippen LogP contribution < -0.4 is 17.0 Å². The molecule has 0 saturated carbocycles. The van der Waals surface area contributed by atoms with Gasteiger partial charge in [0.15, 0.2) is 11.5 Å². The maximum Gasteiger partial charge on any atom is 0.323 e. The number of halogens is 1. The molecule has 5 N–H and O–H groups in total. The van der Waals surface area contributed by atoms with Gasteiger partial charge in [-0.2, -0.15) is 4.98 Å². The van der Waals surface area contributed by atoms with Crippen molar-refractivity contribution in [3.63, 3.8) is 0 Å². The Kier molecular flexibility index (Phi) is 7.02. The molecule has 162 valence electrons. The third-order valence-electron chi connectivity index (χ3n) is 4.89. The summed E-state index contributed by atoms with van der Waals surface area (Å²) in [5.74, 6) is -1.33. The molecule has 1 aliphatic rings. The minimum absolute atomic E-state index is 0.0314. The molecule has 0 amide bonds. The fourth-order valence-electron chi connectivity index (χ4n) is 3.21. The first-order valence-corrected chi connectivity index (χ1v) is 9.79. The van der Waals surface area contributed by atoms with E-state index in [4.69, 9.17) is 20.9 Å². The van der Waals surface area contributed by atoms with Crippen molar-refractivity contribution in [3.8, 4) is 0 Å². The molecule has 2 aromatic heterocycles. The lowest BCUT2D eigenvalue weighted by molar-refractivity contribution is -0.155. The highest BCUT2D eigenvalue weighted by Gasteiger charge is 2.40. The van der Waals surface area contributed by atoms with Gasteiger partial charge >= 0.3 is 5.97 Å². The number of H-pyrrole nitrogens is 1. The fourth-order valence-corrected chi connectivity index (χ4v) is 3.21. The lowest BCUT2D eigenvalue weighted by atomic mass is 10.1. The van der Waals surface area contributed by atoms with Gasteiger partial charge in [-0.05, 0) is 25.7 Å². The molecule has 9 nitrogen and oxygen atoms in total. The van der Waals surface area contributed by atoms with E-state index < -0.39 is 29.1 Å².